The fourth-order valence-electron chi connectivity index (χ4n) is 1.23. The van der Waals surface area contributed by atoms with E-state index >= 15 is 0 Å². The Morgan fingerprint density at radius 1 is 1.38 bits per heavy atom. The van der Waals surface area contributed by atoms with Crippen molar-refractivity contribution >= 4 is 22.4 Å². The molecule has 0 saturated carbocycles. The number of hydrogen-bond acceptors (Lipinski definition) is 2. The van der Waals surface area contributed by atoms with Gasteiger partial charge in [-0.2, -0.15) is 5.10 Å². The van der Waals surface area contributed by atoms with Gasteiger partial charge < -0.3 is 0 Å². The van der Waals surface area contributed by atoms with E-state index in [9.17, 15) is 4.79 Å². The first-order chi connectivity index (χ1) is 6.20. The highest BCUT2D eigenvalue weighted by Crippen LogP contribution is 2.18. The molecule has 0 aliphatic heterocycles. The molecule has 2 aromatic rings. The van der Waals surface area contributed by atoms with E-state index in [1.165, 1.54) is 4.68 Å². The second kappa shape index (κ2) is 2.85. The lowest BCUT2D eigenvalue weighted by Crippen LogP contribution is -2.18. The lowest BCUT2D eigenvalue weighted by atomic mass is 10.2. The predicted molar refractivity (Wildman–Crippen MR) is 52.0 cm³/mol. The van der Waals surface area contributed by atoms with Crippen LogP contribution in [0.1, 0.15) is 0 Å². The van der Waals surface area contributed by atoms with Gasteiger partial charge in [-0.25, -0.2) is 4.68 Å². The minimum absolute atomic E-state index is 0.125. The molecule has 3 nitrogen and oxygen atoms in total. The van der Waals surface area contributed by atoms with Gasteiger partial charge in [0.15, 0.2) is 0 Å². The Bertz CT molecular complexity index is 518. The number of hydrogen-bond donors (Lipinski definition) is 0. The van der Waals surface area contributed by atoms with Crippen LogP contribution in [0.25, 0.3) is 10.8 Å². The smallest absolute Gasteiger partial charge is 0.267 e. The van der Waals surface area contributed by atoms with Crippen LogP contribution >= 0.6 is 11.6 Å². The summed E-state index contributed by atoms with van der Waals surface area (Å²) in [7, 11) is 1.61. The fraction of sp³-hybridized carbons (Fsp3) is 0.111. The van der Waals surface area contributed by atoms with E-state index < -0.39 is 0 Å². The first-order valence-electron chi connectivity index (χ1n) is 3.80. The van der Waals surface area contributed by atoms with E-state index in [0.29, 0.717) is 15.8 Å². The molecule has 0 radical (unpaired) electrons. The van der Waals surface area contributed by atoms with Gasteiger partial charge in [0.2, 0.25) is 0 Å². The number of fused-ring (bicyclic) bond motifs is 1. The van der Waals surface area contributed by atoms with Crippen LogP contribution < -0.4 is 5.56 Å². The summed E-state index contributed by atoms with van der Waals surface area (Å²) in [5.41, 5.74) is -0.125. The minimum atomic E-state index is -0.125. The van der Waals surface area contributed by atoms with Gasteiger partial charge in [-0.3, -0.25) is 4.79 Å². The van der Waals surface area contributed by atoms with Gasteiger partial charge >= 0.3 is 0 Å². The number of aryl methyl sites for hydroxylation is 1. The van der Waals surface area contributed by atoms with Gasteiger partial charge in [-0.05, 0) is 12.1 Å². The maximum Gasteiger partial charge on any atom is 0.274 e. The van der Waals surface area contributed by atoms with Crippen LogP contribution in [-0.4, -0.2) is 9.78 Å². The van der Waals surface area contributed by atoms with Gasteiger partial charge in [0.05, 0.1) is 16.6 Å². The fourth-order valence-corrected chi connectivity index (χ4v) is 1.45. The molecule has 0 N–H and O–H groups in total. The topological polar surface area (TPSA) is 34.9 Å². The van der Waals surface area contributed by atoms with Gasteiger partial charge in [-0.15, -0.1) is 0 Å². The molecule has 0 saturated heterocycles. The Labute approximate surface area is 79.6 Å². The van der Waals surface area contributed by atoms with Crippen molar-refractivity contribution in [1.29, 1.82) is 0 Å². The predicted octanol–water partition coefficient (Wildman–Crippen LogP) is 1.59. The Balaban J connectivity index is 3.03. The number of halogens is 1. The average Bonchev–Trinajstić information content (AvgIpc) is 2.12. The molecule has 0 atom stereocenters. The second-order valence-electron chi connectivity index (χ2n) is 2.77. The minimum Gasteiger partial charge on any atom is -0.267 e. The van der Waals surface area contributed by atoms with Crippen molar-refractivity contribution < 1.29 is 0 Å². The molecule has 66 valence electrons. The third-order valence-corrected chi connectivity index (χ3v) is 2.27. The molecule has 0 bridgehead atoms. The van der Waals surface area contributed by atoms with Crippen LogP contribution in [-0.2, 0) is 7.05 Å². The summed E-state index contributed by atoms with van der Waals surface area (Å²) in [6.07, 6.45) is 1.60. The normalized spacial score (nSPS) is 10.6. The van der Waals surface area contributed by atoms with Gasteiger partial charge in [0, 0.05) is 12.4 Å². The number of aromatic nitrogens is 2. The molecule has 1 aromatic carbocycles. The first kappa shape index (κ1) is 8.26. The molecule has 0 amide bonds. The summed E-state index contributed by atoms with van der Waals surface area (Å²) >= 11 is 5.89. The standard InChI is InChI=1S/C9H7ClN2O/c1-12-9(13)6-3-2-4-8(10)7(6)5-11-12/h2-5H,1H3. The molecule has 2 rings (SSSR count). The Hall–Kier alpha value is -1.35. The summed E-state index contributed by atoms with van der Waals surface area (Å²) < 4.78 is 1.29. The van der Waals surface area contributed by atoms with Gasteiger partial charge in [-0.1, -0.05) is 17.7 Å². The zero-order valence-electron chi connectivity index (χ0n) is 6.99. The monoisotopic (exact) mass is 194 g/mol. The quantitative estimate of drug-likeness (QED) is 0.639. The van der Waals surface area contributed by atoms with Crippen molar-refractivity contribution in [2.75, 3.05) is 0 Å². The lowest BCUT2D eigenvalue weighted by Gasteiger charge is -2.00. The molecule has 0 spiro atoms. The zero-order chi connectivity index (χ0) is 9.42. The van der Waals surface area contributed by atoms with Crippen molar-refractivity contribution in [3.05, 3.63) is 39.8 Å². The maximum atomic E-state index is 11.5. The summed E-state index contributed by atoms with van der Waals surface area (Å²) in [5.74, 6) is 0. The number of rotatable bonds is 0. The highest BCUT2D eigenvalue weighted by atomic mass is 35.5. The van der Waals surface area contributed by atoms with Crippen LogP contribution in [0.3, 0.4) is 0 Å². The zero-order valence-corrected chi connectivity index (χ0v) is 7.75. The molecular formula is C9H7ClN2O. The second-order valence-corrected chi connectivity index (χ2v) is 3.18. The average molecular weight is 195 g/mol. The summed E-state index contributed by atoms with van der Waals surface area (Å²) in [5, 5.41) is 5.75. The Morgan fingerprint density at radius 2 is 2.15 bits per heavy atom. The summed E-state index contributed by atoms with van der Waals surface area (Å²) in [4.78, 5) is 11.5. The molecule has 1 heterocycles. The van der Waals surface area contributed by atoms with Crippen LogP contribution in [0.4, 0.5) is 0 Å². The number of nitrogens with zero attached hydrogens (tertiary/aromatic N) is 2. The molecule has 0 fully saturated rings. The van der Waals surface area contributed by atoms with Crippen LogP contribution in [0.15, 0.2) is 29.2 Å². The molecular weight excluding hydrogens is 188 g/mol. The molecule has 1 aromatic heterocycles. The highest BCUT2D eigenvalue weighted by Gasteiger charge is 2.02. The maximum absolute atomic E-state index is 11.5. The van der Waals surface area contributed by atoms with Crippen molar-refractivity contribution in [2.45, 2.75) is 0 Å². The van der Waals surface area contributed by atoms with Crippen molar-refractivity contribution in [3.8, 4) is 0 Å². The van der Waals surface area contributed by atoms with E-state index in [-0.39, 0.29) is 5.56 Å². The number of benzene rings is 1. The summed E-state index contributed by atoms with van der Waals surface area (Å²) in [6.45, 7) is 0. The Morgan fingerprint density at radius 3 is 2.92 bits per heavy atom. The molecule has 4 heteroatoms. The van der Waals surface area contributed by atoms with Crippen LogP contribution in [0.2, 0.25) is 5.02 Å². The van der Waals surface area contributed by atoms with E-state index in [1.54, 1.807) is 31.4 Å². The van der Waals surface area contributed by atoms with Gasteiger partial charge in [0.25, 0.3) is 5.56 Å². The molecule has 0 aliphatic rings. The van der Waals surface area contributed by atoms with Crippen molar-refractivity contribution in [3.63, 3.8) is 0 Å². The van der Waals surface area contributed by atoms with E-state index in [2.05, 4.69) is 5.10 Å². The van der Waals surface area contributed by atoms with Crippen LogP contribution in [0.5, 0.6) is 0 Å². The van der Waals surface area contributed by atoms with Crippen molar-refractivity contribution in [2.24, 2.45) is 7.05 Å². The molecule has 0 aliphatic carbocycles. The Kier molecular flexibility index (Phi) is 1.81. The third kappa shape index (κ3) is 1.21. The molecule has 13 heavy (non-hydrogen) atoms. The first-order valence-corrected chi connectivity index (χ1v) is 4.18. The molecule has 0 unspecified atom stereocenters. The van der Waals surface area contributed by atoms with E-state index in [1.807, 2.05) is 0 Å². The largest absolute Gasteiger partial charge is 0.274 e. The van der Waals surface area contributed by atoms with E-state index in [4.69, 9.17) is 11.6 Å². The van der Waals surface area contributed by atoms with Gasteiger partial charge in [0.1, 0.15) is 0 Å². The SMILES string of the molecule is Cn1ncc2c(Cl)cccc2c1=O. The third-order valence-electron chi connectivity index (χ3n) is 1.94. The summed E-state index contributed by atoms with van der Waals surface area (Å²) in [6, 6.07) is 5.24. The van der Waals surface area contributed by atoms with Crippen molar-refractivity contribution in [1.82, 2.24) is 9.78 Å². The highest BCUT2D eigenvalue weighted by molar-refractivity contribution is 6.35. The lowest BCUT2D eigenvalue weighted by molar-refractivity contribution is 0.718. The van der Waals surface area contributed by atoms with Crippen LogP contribution in [0, 0.1) is 0 Å². The van der Waals surface area contributed by atoms with E-state index in [0.717, 1.165) is 0 Å².